The maximum absolute atomic E-state index is 6.11. The molecule has 18 heavy (non-hydrogen) atoms. The molecule has 0 aliphatic heterocycles. The first kappa shape index (κ1) is 13.1. The van der Waals surface area contributed by atoms with Crippen LogP contribution < -0.4 is 5.73 Å². The largest absolute Gasteiger partial charge is 0.339 e. The molecule has 1 unspecified atom stereocenters. The van der Waals surface area contributed by atoms with Crippen molar-refractivity contribution in [3.05, 3.63) is 47.6 Å². The summed E-state index contributed by atoms with van der Waals surface area (Å²) in [6.07, 6.45) is 3.55. The van der Waals surface area contributed by atoms with Crippen molar-refractivity contribution in [3.8, 4) is 0 Å². The van der Waals surface area contributed by atoms with Gasteiger partial charge in [-0.25, -0.2) is 0 Å². The molecule has 2 rings (SSSR count). The van der Waals surface area contributed by atoms with Gasteiger partial charge in [0.05, 0.1) is 5.75 Å². The standard InChI is InChI=1S/C13H17N3OS/c1-18-9-12-15-13(17-16-12)8-7-11(14)10-5-3-2-4-6-10/h2-6,11H,7-9,14H2,1H3. The van der Waals surface area contributed by atoms with Crippen molar-refractivity contribution < 1.29 is 4.52 Å². The fourth-order valence-corrected chi connectivity index (χ4v) is 2.10. The minimum Gasteiger partial charge on any atom is -0.339 e. The molecule has 96 valence electrons. The molecular formula is C13H17N3OS. The van der Waals surface area contributed by atoms with Gasteiger partial charge in [-0.15, -0.1) is 0 Å². The molecule has 0 saturated carbocycles. The van der Waals surface area contributed by atoms with E-state index in [2.05, 4.69) is 10.1 Å². The Hall–Kier alpha value is -1.33. The number of benzene rings is 1. The molecule has 1 aromatic heterocycles. The molecule has 2 aromatic rings. The number of nitrogens with two attached hydrogens (primary N) is 1. The molecule has 0 radical (unpaired) electrons. The summed E-state index contributed by atoms with van der Waals surface area (Å²) in [5, 5.41) is 3.91. The van der Waals surface area contributed by atoms with E-state index in [0.717, 1.165) is 30.0 Å². The van der Waals surface area contributed by atoms with E-state index in [4.69, 9.17) is 10.3 Å². The van der Waals surface area contributed by atoms with Crippen molar-refractivity contribution in [2.24, 2.45) is 5.73 Å². The van der Waals surface area contributed by atoms with E-state index in [1.807, 2.05) is 36.6 Å². The summed E-state index contributed by atoms with van der Waals surface area (Å²) in [5.74, 6) is 2.21. The summed E-state index contributed by atoms with van der Waals surface area (Å²) in [6, 6.07) is 10.1. The third-order valence-electron chi connectivity index (χ3n) is 2.68. The Kier molecular flexibility index (Phi) is 4.78. The Bertz CT molecular complexity index is 472. The number of aromatic nitrogens is 2. The van der Waals surface area contributed by atoms with Crippen LogP contribution in [0.2, 0.25) is 0 Å². The Morgan fingerprint density at radius 1 is 1.33 bits per heavy atom. The molecule has 0 fully saturated rings. The van der Waals surface area contributed by atoms with E-state index >= 15 is 0 Å². The summed E-state index contributed by atoms with van der Waals surface area (Å²) in [5.41, 5.74) is 7.25. The smallest absolute Gasteiger partial charge is 0.226 e. The van der Waals surface area contributed by atoms with Gasteiger partial charge in [-0.05, 0) is 18.2 Å². The minimum absolute atomic E-state index is 0.0158. The highest BCUT2D eigenvalue weighted by molar-refractivity contribution is 7.97. The number of nitrogens with zero attached hydrogens (tertiary/aromatic N) is 2. The summed E-state index contributed by atoms with van der Waals surface area (Å²) in [4.78, 5) is 4.31. The first-order valence-electron chi connectivity index (χ1n) is 5.90. The van der Waals surface area contributed by atoms with Crippen LogP contribution in [0.5, 0.6) is 0 Å². The van der Waals surface area contributed by atoms with Crippen LogP contribution >= 0.6 is 11.8 Å². The number of rotatable bonds is 6. The van der Waals surface area contributed by atoms with Crippen LogP contribution in [0.1, 0.15) is 29.7 Å². The van der Waals surface area contributed by atoms with Gasteiger partial charge in [0, 0.05) is 12.5 Å². The summed E-state index contributed by atoms with van der Waals surface area (Å²) < 4.78 is 5.17. The van der Waals surface area contributed by atoms with Gasteiger partial charge < -0.3 is 10.3 Å². The molecule has 1 aromatic carbocycles. The van der Waals surface area contributed by atoms with Crippen LogP contribution in [-0.4, -0.2) is 16.4 Å². The van der Waals surface area contributed by atoms with E-state index < -0.39 is 0 Å². The predicted octanol–water partition coefficient (Wildman–Crippen LogP) is 2.57. The van der Waals surface area contributed by atoms with E-state index in [1.165, 1.54) is 0 Å². The molecule has 2 N–H and O–H groups in total. The van der Waals surface area contributed by atoms with Crippen LogP contribution in [0.4, 0.5) is 0 Å². The van der Waals surface area contributed by atoms with Gasteiger partial charge in [0.25, 0.3) is 0 Å². The van der Waals surface area contributed by atoms with Crippen molar-refractivity contribution in [1.29, 1.82) is 0 Å². The molecule has 5 heteroatoms. The fraction of sp³-hybridized carbons (Fsp3) is 0.385. The van der Waals surface area contributed by atoms with Crippen LogP contribution in [0, 0.1) is 0 Å². The van der Waals surface area contributed by atoms with Crippen LogP contribution in [0.3, 0.4) is 0 Å². The van der Waals surface area contributed by atoms with Crippen LogP contribution in [0.15, 0.2) is 34.9 Å². The zero-order chi connectivity index (χ0) is 12.8. The van der Waals surface area contributed by atoms with Gasteiger partial charge in [-0.3, -0.25) is 0 Å². The lowest BCUT2D eigenvalue weighted by Crippen LogP contribution is -2.11. The number of thioether (sulfide) groups is 1. The number of hydrogen-bond donors (Lipinski definition) is 1. The molecule has 0 spiro atoms. The average Bonchev–Trinajstić information content (AvgIpc) is 2.85. The van der Waals surface area contributed by atoms with Gasteiger partial charge >= 0.3 is 0 Å². The van der Waals surface area contributed by atoms with E-state index in [9.17, 15) is 0 Å². The second kappa shape index (κ2) is 6.56. The molecule has 0 bridgehead atoms. The molecule has 1 atom stereocenters. The summed E-state index contributed by atoms with van der Waals surface area (Å²) in [7, 11) is 0. The zero-order valence-electron chi connectivity index (χ0n) is 10.4. The Morgan fingerprint density at radius 3 is 2.83 bits per heavy atom. The molecule has 0 saturated heterocycles. The highest BCUT2D eigenvalue weighted by atomic mass is 32.2. The topological polar surface area (TPSA) is 64.9 Å². The van der Waals surface area contributed by atoms with Crippen LogP contribution in [-0.2, 0) is 12.2 Å². The number of aryl methyl sites for hydroxylation is 1. The van der Waals surface area contributed by atoms with E-state index in [1.54, 1.807) is 11.8 Å². The molecule has 4 nitrogen and oxygen atoms in total. The molecule has 0 amide bonds. The molecular weight excluding hydrogens is 246 g/mol. The Labute approximate surface area is 111 Å². The van der Waals surface area contributed by atoms with Gasteiger partial charge in [0.1, 0.15) is 0 Å². The van der Waals surface area contributed by atoms with E-state index in [0.29, 0.717) is 5.89 Å². The average molecular weight is 263 g/mol. The van der Waals surface area contributed by atoms with Crippen molar-refractivity contribution in [2.45, 2.75) is 24.6 Å². The molecule has 1 heterocycles. The fourth-order valence-electron chi connectivity index (χ4n) is 1.73. The second-order valence-electron chi connectivity index (χ2n) is 4.09. The first-order chi connectivity index (χ1) is 8.79. The van der Waals surface area contributed by atoms with Gasteiger partial charge in [-0.1, -0.05) is 35.5 Å². The van der Waals surface area contributed by atoms with Gasteiger partial charge in [0.15, 0.2) is 5.82 Å². The summed E-state index contributed by atoms with van der Waals surface area (Å²) in [6.45, 7) is 0. The quantitative estimate of drug-likeness (QED) is 0.867. The van der Waals surface area contributed by atoms with Gasteiger partial charge in [0.2, 0.25) is 5.89 Å². The van der Waals surface area contributed by atoms with E-state index in [-0.39, 0.29) is 6.04 Å². The molecule has 0 aliphatic rings. The monoisotopic (exact) mass is 263 g/mol. The van der Waals surface area contributed by atoms with Gasteiger partial charge in [-0.2, -0.15) is 16.7 Å². The van der Waals surface area contributed by atoms with Crippen LogP contribution in [0.25, 0.3) is 0 Å². The third-order valence-corrected chi connectivity index (χ3v) is 3.23. The highest BCUT2D eigenvalue weighted by Crippen LogP contribution is 2.16. The minimum atomic E-state index is 0.0158. The van der Waals surface area contributed by atoms with Crippen molar-refractivity contribution in [2.75, 3.05) is 6.26 Å². The third kappa shape index (κ3) is 3.58. The number of hydrogen-bond acceptors (Lipinski definition) is 5. The lowest BCUT2D eigenvalue weighted by Gasteiger charge is -2.09. The van der Waals surface area contributed by atoms with Crippen molar-refractivity contribution in [3.63, 3.8) is 0 Å². The lowest BCUT2D eigenvalue weighted by atomic mass is 10.0. The Morgan fingerprint density at radius 2 is 2.11 bits per heavy atom. The SMILES string of the molecule is CSCc1noc(CCC(N)c2ccccc2)n1. The highest BCUT2D eigenvalue weighted by Gasteiger charge is 2.10. The first-order valence-corrected chi connectivity index (χ1v) is 7.30. The van der Waals surface area contributed by atoms with Crippen molar-refractivity contribution >= 4 is 11.8 Å². The lowest BCUT2D eigenvalue weighted by molar-refractivity contribution is 0.368. The predicted molar refractivity (Wildman–Crippen MR) is 73.2 cm³/mol. The van der Waals surface area contributed by atoms with Crippen molar-refractivity contribution in [1.82, 2.24) is 10.1 Å². The maximum atomic E-state index is 6.11. The molecule has 0 aliphatic carbocycles. The maximum Gasteiger partial charge on any atom is 0.226 e. The Balaban J connectivity index is 1.87. The summed E-state index contributed by atoms with van der Waals surface area (Å²) >= 11 is 1.68. The second-order valence-corrected chi connectivity index (χ2v) is 4.96. The zero-order valence-corrected chi connectivity index (χ0v) is 11.2. The normalized spacial score (nSPS) is 12.6.